The molecular formula is C18H25NO3. The highest BCUT2D eigenvalue weighted by Gasteiger charge is 2.56. The summed E-state index contributed by atoms with van der Waals surface area (Å²) in [5.41, 5.74) is 0.649. The van der Waals surface area contributed by atoms with E-state index in [0.29, 0.717) is 12.8 Å². The fourth-order valence-corrected chi connectivity index (χ4v) is 4.48. The summed E-state index contributed by atoms with van der Waals surface area (Å²) in [6.07, 6.45) is 1.50. The Hall–Kier alpha value is -1.39. The lowest BCUT2D eigenvalue weighted by molar-refractivity contribution is -0.134. The zero-order chi connectivity index (χ0) is 15.9. The van der Waals surface area contributed by atoms with Gasteiger partial charge in [-0.1, -0.05) is 37.3 Å². The molecule has 1 amide bonds. The van der Waals surface area contributed by atoms with Gasteiger partial charge in [-0.2, -0.15) is 0 Å². The van der Waals surface area contributed by atoms with Gasteiger partial charge in [-0.25, -0.2) is 0 Å². The van der Waals surface area contributed by atoms with E-state index in [0.717, 1.165) is 18.4 Å². The molecule has 0 radical (unpaired) electrons. The quantitative estimate of drug-likeness (QED) is 0.836. The van der Waals surface area contributed by atoms with E-state index in [1.807, 2.05) is 42.2 Å². The van der Waals surface area contributed by atoms with Crippen molar-refractivity contribution in [1.82, 2.24) is 4.90 Å². The van der Waals surface area contributed by atoms with Crippen LogP contribution in [-0.2, 0) is 4.79 Å². The Morgan fingerprint density at radius 1 is 1.23 bits per heavy atom. The van der Waals surface area contributed by atoms with Gasteiger partial charge in [-0.05, 0) is 31.2 Å². The minimum atomic E-state index is -0.782. The van der Waals surface area contributed by atoms with Gasteiger partial charge >= 0.3 is 0 Å². The van der Waals surface area contributed by atoms with Gasteiger partial charge in [0.25, 0.3) is 0 Å². The summed E-state index contributed by atoms with van der Waals surface area (Å²) < 4.78 is 0. The Morgan fingerprint density at radius 2 is 1.91 bits per heavy atom. The maximum atomic E-state index is 12.3. The molecule has 0 aromatic heterocycles. The lowest BCUT2D eigenvalue weighted by Gasteiger charge is -2.38. The number of aliphatic hydroxyl groups excluding tert-OH is 2. The standard InChI is InChI=1S/C18H25NO3/c1-12(20)19-14(13-7-4-3-5-8-13)11-18(2)16(19)10-6-9-15(21)17(18)22/h3-5,7-8,14-17,21-22H,6,9-11H2,1-2H3/t14-,15-,16-,17+,18-/m1/s1. The van der Waals surface area contributed by atoms with E-state index < -0.39 is 17.6 Å². The minimum Gasteiger partial charge on any atom is -0.390 e. The van der Waals surface area contributed by atoms with Gasteiger partial charge < -0.3 is 15.1 Å². The van der Waals surface area contributed by atoms with E-state index in [9.17, 15) is 15.0 Å². The molecule has 1 aliphatic heterocycles. The zero-order valence-electron chi connectivity index (χ0n) is 13.3. The highest BCUT2D eigenvalue weighted by Crippen LogP contribution is 2.53. The van der Waals surface area contributed by atoms with Crippen molar-refractivity contribution >= 4 is 5.91 Å². The Balaban J connectivity index is 2.02. The molecule has 120 valence electrons. The molecule has 4 nitrogen and oxygen atoms in total. The third-order valence-corrected chi connectivity index (χ3v) is 5.63. The number of likely N-dealkylation sites (tertiary alicyclic amines) is 1. The minimum absolute atomic E-state index is 0.0117. The predicted molar refractivity (Wildman–Crippen MR) is 84.1 cm³/mol. The maximum absolute atomic E-state index is 12.3. The van der Waals surface area contributed by atoms with Gasteiger partial charge in [0.15, 0.2) is 0 Å². The van der Waals surface area contributed by atoms with Gasteiger partial charge in [-0.3, -0.25) is 4.79 Å². The number of hydrogen-bond acceptors (Lipinski definition) is 3. The van der Waals surface area contributed by atoms with E-state index in [1.54, 1.807) is 6.92 Å². The van der Waals surface area contributed by atoms with Crippen molar-refractivity contribution in [3.8, 4) is 0 Å². The van der Waals surface area contributed by atoms with Crippen LogP contribution in [-0.4, -0.2) is 39.3 Å². The first-order chi connectivity index (χ1) is 10.4. The summed E-state index contributed by atoms with van der Waals surface area (Å²) in [4.78, 5) is 14.3. The average molecular weight is 303 g/mol. The Morgan fingerprint density at radius 3 is 2.55 bits per heavy atom. The van der Waals surface area contributed by atoms with Crippen LogP contribution in [0.15, 0.2) is 30.3 Å². The lowest BCUT2D eigenvalue weighted by atomic mass is 9.74. The normalized spacial score (nSPS) is 38.5. The third kappa shape index (κ3) is 2.34. The summed E-state index contributed by atoms with van der Waals surface area (Å²) >= 11 is 0. The van der Waals surface area contributed by atoms with Crippen LogP contribution in [0.25, 0.3) is 0 Å². The van der Waals surface area contributed by atoms with Crippen LogP contribution in [0.5, 0.6) is 0 Å². The zero-order valence-corrected chi connectivity index (χ0v) is 13.3. The molecule has 1 heterocycles. The molecule has 0 bridgehead atoms. The van der Waals surface area contributed by atoms with Crippen molar-refractivity contribution in [3.63, 3.8) is 0 Å². The molecule has 5 atom stereocenters. The van der Waals surface area contributed by atoms with Crippen LogP contribution in [0.4, 0.5) is 0 Å². The average Bonchev–Trinajstić information content (AvgIpc) is 2.76. The van der Waals surface area contributed by atoms with Crippen molar-refractivity contribution in [2.75, 3.05) is 0 Å². The van der Waals surface area contributed by atoms with Gasteiger partial charge in [0, 0.05) is 18.4 Å². The SMILES string of the molecule is CC(=O)N1[C@@H](c2ccccc2)C[C@@]2(C)[C@@H](O)[C@H](O)CCC[C@@H]12. The summed E-state index contributed by atoms with van der Waals surface area (Å²) in [6.45, 7) is 3.63. The lowest BCUT2D eigenvalue weighted by Crippen LogP contribution is -2.48. The summed E-state index contributed by atoms with van der Waals surface area (Å²) in [5.74, 6) is 0.0474. The van der Waals surface area contributed by atoms with Crippen molar-refractivity contribution in [1.29, 1.82) is 0 Å². The van der Waals surface area contributed by atoms with E-state index >= 15 is 0 Å². The van der Waals surface area contributed by atoms with Gasteiger partial charge in [0.2, 0.25) is 5.91 Å². The number of hydrogen-bond donors (Lipinski definition) is 2. The number of benzene rings is 1. The van der Waals surface area contributed by atoms with Crippen molar-refractivity contribution in [2.45, 2.75) is 63.8 Å². The number of carbonyl (C=O) groups excluding carboxylic acids is 1. The first-order valence-electron chi connectivity index (χ1n) is 8.15. The number of carbonyl (C=O) groups is 1. The summed E-state index contributed by atoms with van der Waals surface area (Å²) in [7, 11) is 0. The molecule has 0 unspecified atom stereocenters. The van der Waals surface area contributed by atoms with E-state index in [-0.39, 0.29) is 18.0 Å². The topological polar surface area (TPSA) is 60.8 Å². The second-order valence-corrected chi connectivity index (χ2v) is 7.02. The molecule has 2 aliphatic rings. The largest absolute Gasteiger partial charge is 0.390 e. The fraction of sp³-hybridized carbons (Fsp3) is 0.611. The molecule has 1 saturated carbocycles. The smallest absolute Gasteiger partial charge is 0.220 e. The molecule has 2 N–H and O–H groups in total. The molecule has 1 aliphatic carbocycles. The van der Waals surface area contributed by atoms with Gasteiger partial charge in [-0.15, -0.1) is 0 Å². The molecule has 1 saturated heterocycles. The van der Waals surface area contributed by atoms with Crippen LogP contribution in [0.1, 0.15) is 51.1 Å². The first kappa shape index (κ1) is 15.5. The molecule has 3 rings (SSSR count). The molecule has 22 heavy (non-hydrogen) atoms. The molecule has 2 fully saturated rings. The van der Waals surface area contributed by atoms with Crippen molar-refractivity contribution in [3.05, 3.63) is 35.9 Å². The summed E-state index contributed by atoms with van der Waals surface area (Å²) in [6, 6.07) is 9.98. The highest BCUT2D eigenvalue weighted by molar-refractivity contribution is 5.75. The van der Waals surface area contributed by atoms with E-state index in [4.69, 9.17) is 0 Å². The fourth-order valence-electron chi connectivity index (χ4n) is 4.48. The highest BCUT2D eigenvalue weighted by atomic mass is 16.3. The van der Waals surface area contributed by atoms with Crippen molar-refractivity contribution in [2.24, 2.45) is 5.41 Å². The van der Waals surface area contributed by atoms with Crippen LogP contribution in [0.2, 0.25) is 0 Å². The molecular weight excluding hydrogens is 278 g/mol. The second kappa shape index (κ2) is 5.67. The number of fused-ring (bicyclic) bond motifs is 1. The van der Waals surface area contributed by atoms with Crippen LogP contribution in [0.3, 0.4) is 0 Å². The second-order valence-electron chi connectivity index (χ2n) is 7.02. The number of aliphatic hydroxyl groups is 2. The van der Waals surface area contributed by atoms with E-state index in [2.05, 4.69) is 0 Å². The number of nitrogens with zero attached hydrogens (tertiary/aromatic N) is 1. The monoisotopic (exact) mass is 303 g/mol. The van der Waals surface area contributed by atoms with Gasteiger partial charge in [0.1, 0.15) is 0 Å². The third-order valence-electron chi connectivity index (χ3n) is 5.63. The molecule has 1 aromatic carbocycles. The number of rotatable bonds is 1. The maximum Gasteiger partial charge on any atom is 0.220 e. The van der Waals surface area contributed by atoms with Crippen molar-refractivity contribution < 1.29 is 15.0 Å². The predicted octanol–water partition coefficient (Wildman–Crippen LogP) is 2.26. The van der Waals surface area contributed by atoms with Gasteiger partial charge in [0.05, 0.1) is 18.2 Å². The Bertz CT molecular complexity index is 547. The Kier molecular flexibility index (Phi) is 4.00. The van der Waals surface area contributed by atoms with E-state index in [1.165, 1.54) is 0 Å². The summed E-state index contributed by atoms with van der Waals surface area (Å²) in [5, 5.41) is 20.9. The van der Waals surface area contributed by atoms with Crippen LogP contribution >= 0.6 is 0 Å². The van der Waals surface area contributed by atoms with Crippen LogP contribution < -0.4 is 0 Å². The Labute approximate surface area is 131 Å². The number of amides is 1. The molecule has 4 heteroatoms. The molecule has 0 spiro atoms. The van der Waals surface area contributed by atoms with Crippen LogP contribution in [0, 0.1) is 5.41 Å². The molecule has 1 aromatic rings. The first-order valence-corrected chi connectivity index (χ1v) is 8.15.